The largest absolute Gasteiger partial charge is 0.454 e. The van der Waals surface area contributed by atoms with Gasteiger partial charge in [0.2, 0.25) is 11.7 Å². The lowest BCUT2D eigenvalue weighted by Crippen LogP contribution is -2.18. The van der Waals surface area contributed by atoms with Crippen LogP contribution in [0, 0.1) is 0 Å². The Morgan fingerprint density at radius 2 is 1.73 bits per heavy atom. The highest BCUT2D eigenvalue weighted by molar-refractivity contribution is 7.14. The Morgan fingerprint density at radius 3 is 2.31 bits per heavy atom. The third-order valence-corrected chi connectivity index (χ3v) is 4.36. The standard InChI is InChI=1S/C17H14F3NO4S/c1-10(22)21-8-13-6-7-15(26-13)14(23)9-25-16(24)11-2-4-12(5-3-11)17(18,19)20/h2-7H,8-9H2,1H3,(H,21,22). The van der Waals surface area contributed by atoms with Crippen LogP contribution in [0.5, 0.6) is 0 Å². The van der Waals surface area contributed by atoms with Crippen LogP contribution in [0.25, 0.3) is 0 Å². The molecular formula is C17H14F3NO4S. The fourth-order valence-corrected chi connectivity index (χ4v) is 2.79. The second kappa shape index (κ2) is 8.13. The van der Waals surface area contributed by atoms with E-state index in [-0.39, 0.29) is 11.5 Å². The molecule has 26 heavy (non-hydrogen) atoms. The van der Waals surface area contributed by atoms with Gasteiger partial charge in [-0.1, -0.05) is 0 Å². The number of benzene rings is 1. The number of ether oxygens (including phenoxy) is 1. The summed E-state index contributed by atoms with van der Waals surface area (Å²) in [4.78, 5) is 35.8. The Labute approximate surface area is 150 Å². The maximum atomic E-state index is 12.5. The van der Waals surface area contributed by atoms with E-state index in [1.54, 1.807) is 12.1 Å². The van der Waals surface area contributed by atoms with E-state index in [1.165, 1.54) is 6.92 Å². The van der Waals surface area contributed by atoms with Crippen molar-refractivity contribution in [2.24, 2.45) is 0 Å². The van der Waals surface area contributed by atoms with Crippen molar-refractivity contribution >= 4 is 29.0 Å². The SMILES string of the molecule is CC(=O)NCc1ccc(C(=O)COC(=O)c2ccc(C(F)(F)F)cc2)s1. The molecule has 0 atom stereocenters. The van der Waals surface area contributed by atoms with Gasteiger partial charge in [0.05, 0.1) is 22.5 Å². The van der Waals surface area contributed by atoms with Crippen molar-refractivity contribution in [1.29, 1.82) is 0 Å². The first-order valence-electron chi connectivity index (χ1n) is 7.37. The topological polar surface area (TPSA) is 72.5 Å². The van der Waals surface area contributed by atoms with Crippen molar-refractivity contribution in [3.8, 4) is 0 Å². The Balaban J connectivity index is 1.90. The lowest BCUT2D eigenvalue weighted by atomic mass is 10.1. The van der Waals surface area contributed by atoms with E-state index in [9.17, 15) is 27.6 Å². The van der Waals surface area contributed by atoms with Gasteiger partial charge >= 0.3 is 12.1 Å². The summed E-state index contributed by atoms with van der Waals surface area (Å²) in [5.74, 6) is -1.52. The highest BCUT2D eigenvalue weighted by Crippen LogP contribution is 2.29. The summed E-state index contributed by atoms with van der Waals surface area (Å²) in [6, 6.07) is 6.75. The van der Waals surface area contributed by atoms with Gasteiger partial charge in [-0.3, -0.25) is 9.59 Å². The number of hydrogen-bond acceptors (Lipinski definition) is 5. The molecule has 0 spiro atoms. The van der Waals surface area contributed by atoms with Gasteiger partial charge < -0.3 is 10.1 Å². The Hall–Kier alpha value is -2.68. The van der Waals surface area contributed by atoms with E-state index in [1.807, 2.05) is 0 Å². The van der Waals surface area contributed by atoms with Gasteiger partial charge in [-0.25, -0.2) is 4.79 Å². The van der Waals surface area contributed by atoms with E-state index < -0.39 is 30.1 Å². The number of nitrogens with one attached hydrogen (secondary N) is 1. The number of esters is 1. The Kier molecular flexibility index (Phi) is 6.14. The van der Waals surface area contributed by atoms with Crippen LogP contribution in [0.1, 0.15) is 37.4 Å². The van der Waals surface area contributed by atoms with Crippen molar-refractivity contribution in [1.82, 2.24) is 5.32 Å². The molecule has 138 valence electrons. The van der Waals surface area contributed by atoms with E-state index in [0.717, 1.165) is 40.5 Å². The molecule has 1 heterocycles. The van der Waals surface area contributed by atoms with Crippen LogP contribution in [0.2, 0.25) is 0 Å². The molecule has 0 radical (unpaired) electrons. The molecule has 0 unspecified atom stereocenters. The number of ketones is 1. The first kappa shape index (κ1) is 19.6. The molecule has 0 saturated heterocycles. The fraction of sp³-hybridized carbons (Fsp3) is 0.235. The number of halogens is 3. The van der Waals surface area contributed by atoms with Crippen LogP contribution in [0.15, 0.2) is 36.4 Å². The maximum Gasteiger partial charge on any atom is 0.416 e. The molecule has 9 heteroatoms. The van der Waals surface area contributed by atoms with Crippen LogP contribution in [-0.4, -0.2) is 24.3 Å². The molecular weight excluding hydrogens is 371 g/mol. The van der Waals surface area contributed by atoms with E-state index in [2.05, 4.69) is 5.32 Å². The third-order valence-electron chi connectivity index (χ3n) is 3.23. The summed E-state index contributed by atoms with van der Waals surface area (Å²) in [6.07, 6.45) is -4.49. The molecule has 0 bridgehead atoms. The van der Waals surface area contributed by atoms with Crippen molar-refractivity contribution in [3.63, 3.8) is 0 Å². The molecule has 2 aromatic rings. The minimum Gasteiger partial charge on any atom is -0.454 e. The second-order valence-corrected chi connectivity index (χ2v) is 6.42. The van der Waals surface area contributed by atoms with Crippen LogP contribution in [-0.2, 0) is 22.3 Å². The van der Waals surface area contributed by atoms with E-state index >= 15 is 0 Å². The zero-order chi connectivity index (χ0) is 19.3. The number of Topliss-reactive ketones (excluding diaryl/α,β-unsaturated/α-hetero) is 1. The maximum absolute atomic E-state index is 12.5. The van der Waals surface area contributed by atoms with E-state index in [4.69, 9.17) is 4.74 Å². The summed E-state index contributed by atoms with van der Waals surface area (Å²) in [5, 5.41) is 2.60. The molecule has 1 amide bonds. The lowest BCUT2D eigenvalue weighted by Gasteiger charge is -2.07. The number of amides is 1. The van der Waals surface area contributed by atoms with Gasteiger partial charge in [-0.2, -0.15) is 13.2 Å². The zero-order valence-electron chi connectivity index (χ0n) is 13.6. The summed E-state index contributed by atoms with van der Waals surface area (Å²) in [5.41, 5.74) is -0.960. The molecule has 0 aliphatic rings. The highest BCUT2D eigenvalue weighted by atomic mass is 32.1. The molecule has 1 N–H and O–H groups in total. The predicted octanol–water partition coefficient (Wildman–Crippen LogP) is 3.44. The summed E-state index contributed by atoms with van der Waals surface area (Å²) in [6.45, 7) is 1.14. The average molecular weight is 385 g/mol. The Morgan fingerprint density at radius 1 is 1.08 bits per heavy atom. The molecule has 0 aliphatic carbocycles. The summed E-state index contributed by atoms with van der Waals surface area (Å²) < 4.78 is 42.3. The number of rotatable bonds is 6. The van der Waals surface area contributed by atoms with Crippen molar-refractivity contribution in [2.75, 3.05) is 6.61 Å². The molecule has 1 aromatic heterocycles. The van der Waals surface area contributed by atoms with Gasteiger partial charge in [-0.05, 0) is 36.4 Å². The zero-order valence-corrected chi connectivity index (χ0v) is 14.4. The molecule has 5 nitrogen and oxygen atoms in total. The number of alkyl halides is 3. The summed E-state index contributed by atoms with van der Waals surface area (Å²) in [7, 11) is 0. The minimum absolute atomic E-state index is 0.0803. The number of carbonyl (C=O) groups excluding carboxylic acids is 3. The van der Waals surface area contributed by atoms with Crippen LogP contribution >= 0.6 is 11.3 Å². The molecule has 1 aromatic carbocycles. The van der Waals surface area contributed by atoms with Crippen LogP contribution < -0.4 is 5.32 Å². The van der Waals surface area contributed by atoms with Crippen molar-refractivity contribution in [2.45, 2.75) is 19.6 Å². The van der Waals surface area contributed by atoms with Gasteiger partial charge in [0, 0.05) is 11.8 Å². The summed E-state index contributed by atoms with van der Waals surface area (Å²) >= 11 is 1.15. The normalized spacial score (nSPS) is 11.1. The molecule has 0 aliphatic heterocycles. The number of carbonyl (C=O) groups is 3. The van der Waals surface area contributed by atoms with Gasteiger partial charge in [0.25, 0.3) is 0 Å². The van der Waals surface area contributed by atoms with Crippen molar-refractivity contribution < 1.29 is 32.3 Å². The average Bonchev–Trinajstić information content (AvgIpc) is 3.06. The van der Waals surface area contributed by atoms with Crippen LogP contribution in [0.3, 0.4) is 0 Å². The molecule has 2 rings (SSSR count). The fourth-order valence-electron chi connectivity index (χ4n) is 1.92. The smallest absolute Gasteiger partial charge is 0.416 e. The lowest BCUT2D eigenvalue weighted by molar-refractivity contribution is -0.137. The van der Waals surface area contributed by atoms with Crippen molar-refractivity contribution in [3.05, 3.63) is 57.3 Å². The molecule has 0 fully saturated rings. The van der Waals surface area contributed by atoms with Gasteiger partial charge in [0.15, 0.2) is 6.61 Å². The first-order valence-corrected chi connectivity index (χ1v) is 8.19. The quantitative estimate of drug-likeness (QED) is 0.611. The highest BCUT2D eigenvalue weighted by Gasteiger charge is 2.30. The predicted molar refractivity (Wildman–Crippen MR) is 87.9 cm³/mol. The molecule has 0 saturated carbocycles. The van der Waals surface area contributed by atoms with E-state index in [0.29, 0.717) is 11.4 Å². The number of hydrogen-bond donors (Lipinski definition) is 1. The minimum atomic E-state index is -4.49. The monoisotopic (exact) mass is 385 g/mol. The van der Waals surface area contributed by atoms with Crippen LogP contribution in [0.4, 0.5) is 13.2 Å². The first-order chi connectivity index (χ1) is 12.2. The second-order valence-electron chi connectivity index (χ2n) is 5.25. The third kappa shape index (κ3) is 5.41. The van der Waals surface area contributed by atoms with Gasteiger partial charge in [-0.15, -0.1) is 11.3 Å². The number of thiophene rings is 1. The Bertz CT molecular complexity index is 812. The van der Waals surface area contributed by atoms with Gasteiger partial charge in [0.1, 0.15) is 0 Å².